The van der Waals surface area contributed by atoms with E-state index in [4.69, 9.17) is 5.73 Å². The number of pyridine rings is 2. The van der Waals surface area contributed by atoms with Crippen LogP contribution in [0.25, 0.3) is 22.3 Å². The number of likely N-dealkylation sites (tertiary alicyclic amines) is 1. The van der Waals surface area contributed by atoms with Crippen molar-refractivity contribution in [3.05, 3.63) is 41.3 Å². The zero-order valence-electron chi connectivity index (χ0n) is 14.8. The van der Waals surface area contributed by atoms with Gasteiger partial charge in [0.05, 0.1) is 17.5 Å². The third-order valence-electron chi connectivity index (χ3n) is 4.90. The first-order chi connectivity index (χ1) is 12.5. The first-order valence-corrected chi connectivity index (χ1v) is 8.69. The molecule has 0 aliphatic carbocycles. The van der Waals surface area contributed by atoms with Crippen molar-refractivity contribution >= 4 is 22.6 Å². The fourth-order valence-electron chi connectivity index (χ4n) is 3.42. The molecule has 0 atom stereocenters. The van der Waals surface area contributed by atoms with Crippen molar-refractivity contribution in [2.45, 2.75) is 26.4 Å². The quantitative estimate of drug-likeness (QED) is 0.668. The summed E-state index contributed by atoms with van der Waals surface area (Å²) in [5.41, 5.74) is 11.2. The number of nitrogens with one attached hydrogen (secondary N) is 1. The predicted molar refractivity (Wildman–Crippen MR) is 99.8 cm³/mol. The zero-order valence-corrected chi connectivity index (χ0v) is 14.8. The molecule has 0 spiro atoms. The first-order valence-electron chi connectivity index (χ1n) is 8.69. The zero-order chi connectivity index (χ0) is 18.4. The number of carbonyl (C=O) groups excluding carboxylic acids is 1. The number of aromatic amines is 1. The molecule has 1 aliphatic heterocycles. The molecule has 0 unspecified atom stereocenters. The molecule has 4 N–H and O–H groups in total. The number of nitrogens with zero attached hydrogens (tertiary/aromatic N) is 3. The average Bonchev–Trinajstić information content (AvgIpc) is 2.93. The van der Waals surface area contributed by atoms with Crippen molar-refractivity contribution in [2.75, 3.05) is 18.8 Å². The van der Waals surface area contributed by atoms with Crippen molar-refractivity contribution in [3.63, 3.8) is 0 Å². The molecule has 7 nitrogen and oxygen atoms in total. The molecule has 0 aromatic carbocycles. The van der Waals surface area contributed by atoms with E-state index in [-0.39, 0.29) is 11.6 Å². The number of anilines is 1. The highest BCUT2D eigenvalue weighted by molar-refractivity contribution is 5.98. The van der Waals surface area contributed by atoms with Crippen LogP contribution in [0.2, 0.25) is 0 Å². The molecule has 7 heteroatoms. The average molecular weight is 351 g/mol. The number of hydrogen-bond donors (Lipinski definition) is 3. The summed E-state index contributed by atoms with van der Waals surface area (Å²) in [5, 5.41) is 10.5. The number of H-pyrrole nitrogens is 1. The number of rotatable bonds is 3. The van der Waals surface area contributed by atoms with Gasteiger partial charge in [-0.05, 0) is 37.1 Å². The van der Waals surface area contributed by atoms with Crippen LogP contribution in [0.5, 0.6) is 0 Å². The van der Waals surface area contributed by atoms with Gasteiger partial charge in [0.1, 0.15) is 5.65 Å². The molecular weight excluding hydrogens is 330 g/mol. The van der Waals surface area contributed by atoms with Gasteiger partial charge in [-0.1, -0.05) is 6.92 Å². The van der Waals surface area contributed by atoms with Gasteiger partial charge in [-0.3, -0.25) is 4.79 Å². The largest absolute Gasteiger partial charge is 0.397 e. The highest BCUT2D eigenvalue weighted by Gasteiger charge is 2.31. The Morgan fingerprint density at radius 3 is 2.88 bits per heavy atom. The molecule has 0 bridgehead atoms. The van der Waals surface area contributed by atoms with Crippen LogP contribution in [0, 0.1) is 6.92 Å². The molecule has 4 rings (SSSR count). The van der Waals surface area contributed by atoms with Gasteiger partial charge in [0.25, 0.3) is 5.91 Å². The summed E-state index contributed by atoms with van der Waals surface area (Å²) in [6.07, 6.45) is 2.20. The fourth-order valence-corrected chi connectivity index (χ4v) is 3.42. The van der Waals surface area contributed by atoms with Gasteiger partial charge in [0.15, 0.2) is 5.69 Å². The summed E-state index contributed by atoms with van der Waals surface area (Å²) < 4.78 is 0. The Hall–Kier alpha value is -2.93. The van der Waals surface area contributed by atoms with E-state index in [1.807, 2.05) is 13.0 Å². The summed E-state index contributed by atoms with van der Waals surface area (Å²) in [6, 6.07) is 5.54. The monoisotopic (exact) mass is 351 g/mol. The SMILES string of the molecule is CCc1c(C)[nH]c2ncc(-c3ccc(N)c(C(=O)N4CC(O)C4)n3)cc12. The molecule has 1 saturated heterocycles. The number of aliphatic hydroxyl groups is 1. The number of aryl methyl sites for hydroxylation is 2. The van der Waals surface area contributed by atoms with Crippen molar-refractivity contribution in [1.82, 2.24) is 19.9 Å². The normalized spacial score (nSPS) is 14.7. The van der Waals surface area contributed by atoms with E-state index in [9.17, 15) is 9.90 Å². The van der Waals surface area contributed by atoms with Crippen LogP contribution in [0.15, 0.2) is 24.4 Å². The van der Waals surface area contributed by atoms with Gasteiger partial charge >= 0.3 is 0 Å². The molecule has 1 amide bonds. The molecule has 3 aromatic heterocycles. The molecule has 1 aliphatic rings. The molecule has 4 heterocycles. The van der Waals surface area contributed by atoms with E-state index in [1.54, 1.807) is 23.2 Å². The van der Waals surface area contributed by atoms with Crippen LogP contribution in [0.4, 0.5) is 5.69 Å². The van der Waals surface area contributed by atoms with Crippen LogP contribution >= 0.6 is 0 Å². The second-order valence-corrected chi connectivity index (χ2v) is 6.70. The highest BCUT2D eigenvalue weighted by atomic mass is 16.3. The fraction of sp³-hybridized carbons (Fsp3) is 0.316. The Balaban J connectivity index is 1.75. The van der Waals surface area contributed by atoms with E-state index in [0.29, 0.717) is 24.5 Å². The molecule has 134 valence electrons. The smallest absolute Gasteiger partial charge is 0.274 e. The number of nitrogen functional groups attached to an aromatic ring is 1. The summed E-state index contributed by atoms with van der Waals surface area (Å²) in [4.78, 5) is 26.4. The maximum absolute atomic E-state index is 12.5. The van der Waals surface area contributed by atoms with Gasteiger partial charge in [0, 0.05) is 35.9 Å². The van der Waals surface area contributed by atoms with Crippen LogP contribution in [0.1, 0.15) is 28.7 Å². The third-order valence-corrected chi connectivity index (χ3v) is 4.90. The highest BCUT2D eigenvalue weighted by Crippen LogP contribution is 2.27. The molecule has 26 heavy (non-hydrogen) atoms. The van der Waals surface area contributed by atoms with E-state index in [0.717, 1.165) is 28.7 Å². The number of aromatic nitrogens is 3. The molecule has 3 aromatic rings. The first kappa shape index (κ1) is 16.5. The maximum Gasteiger partial charge on any atom is 0.274 e. The number of fused-ring (bicyclic) bond motifs is 1. The lowest BCUT2D eigenvalue weighted by atomic mass is 10.1. The van der Waals surface area contributed by atoms with Crippen LogP contribution < -0.4 is 5.73 Å². The van der Waals surface area contributed by atoms with Crippen LogP contribution in [-0.4, -0.2) is 50.1 Å². The van der Waals surface area contributed by atoms with Gasteiger partial charge in [-0.25, -0.2) is 9.97 Å². The second kappa shape index (κ2) is 6.10. The number of carbonyl (C=O) groups is 1. The van der Waals surface area contributed by atoms with Crippen molar-refractivity contribution < 1.29 is 9.90 Å². The van der Waals surface area contributed by atoms with Gasteiger partial charge in [0.2, 0.25) is 0 Å². The molecule has 0 saturated carbocycles. The Morgan fingerprint density at radius 1 is 1.42 bits per heavy atom. The van der Waals surface area contributed by atoms with Crippen molar-refractivity contribution in [1.29, 1.82) is 0 Å². The third kappa shape index (κ3) is 2.61. The van der Waals surface area contributed by atoms with E-state index < -0.39 is 6.10 Å². The minimum absolute atomic E-state index is 0.218. The number of aliphatic hydroxyl groups excluding tert-OH is 1. The van der Waals surface area contributed by atoms with E-state index in [1.165, 1.54) is 5.56 Å². The Labute approximate surface area is 150 Å². The summed E-state index contributed by atoms with van der Waals surface area (Å²) in [6.45, 7) is 4.79. The molecular formula is C19H21N5O2. The van der Waals surface area contributed by atoms with Crippen LogP contribution in [-0.2, 0) is 6.42 Å². The van der Waals surface area contributed by atoms with E-state index in [2.05, 4.69) is 21.9 Å². The lowest BCUT2D eigenvalue weighted by molar-refractivity contribution is 0.00559. The Bertz CT molecular complexity index is 1000. The summed E-state index contributed by atoms with van der Waals surface area (Å²) in [5.74, 6) is -0.254. The minimum Gasteiger partial charge on any atom is -0.397 e. The lowest BCUT2D eigenvalue weighted by Crippen LogP contribution is -2.53. The minimum atomic E-state index is -0.459. The molecule has 0 radical (unpaired) electrons. The second-order valence-electron chi connectivity index (χ2n) is 6.70. The van der Waals surface area contributed by atoms with Gasteiger partial charge < -0.3 is 20.7 Å². The van der Waals surface area contributed by atoms with Gasteiger partial charge in [-0.15, -0.1) is 0 Å². The molecule has 1 fully saturated rings. The van der Waals surface area contributed by atoms with Crippen molar-refractivity contribution in [2.24, 2.45) is 0 Å². The van der Waals surface area contributed by atoms with Crippen LogP contribution in [0.3, 0.4) is 0 Å². The number of nitrogens with two attached hydrogens (primary N) is 1. The topological polar surface area (TPSA) is 108 Å². The van der Waals surface area contributed by atoms with Gasteiger partial charge in [-0.2, -0.15) is 0 Å². The number of amides is 1. The predicted octanol–water partition coefficient (Wildman–Crippen LogP) is 1.89. The summed E-state index contributed by atoms with van der Waals surface area (Å²) in [7, 11) is 0. The summed E-state index contributed by atoms with van der Waals surface area (Å²) >= 11 is 0. The number of β-amino-alcohol motifs (C(OH)–C–C–N with tert-alkyl or cyclic N) is 1. The van der Waals surface area contributed by atoms with E-state index >= 15 is 0 Å². The Kier molecular flexibility index (Phi) is 3.88. The van der Waals surface area contributed by atoms with Crippen molar-refractivity contribution in [3.8, 4) is 11.3 Å². The standard InChI is InChI=1S/C19H21N5O2/c1-3-13-10(2)22-18-14(13)6-11(7-21-18)16-5-4-15(20)17(23-16)19(26)24-8-12(25)9-24/h4-7,12,25H,3,8-9,20H2,1-2H3,(H,21,22). The number of hydrogen-bond acceptors (Lipinski definition) is 5. The Morgan fingerprint density at radius 2 is 2.19 bits per heavy atom. The lowest BCUT2D eigenvalue weighted by Gasteiger charge is -2.35. The maximum atomic E-state index is 12.5.